The highest BCUT2D eigenvalue weighted by atomic mass is 16.4. The molecule has 0 saturated carbocycles. The largest absolute Gasteiger partial charge is 0.477 e. The van der Waals surface area contributed by atoms with Crippen molar-refractivity contribution in [2.24, 2.45) is 11.1 Å². The van der Waals surface area contributed by atoms with E-state index in [0.717, 1.165) is 27.2 Å². The van der Waals surface area contributed by atoms with Gasteiger partial charge in [0.2, 0.25) is 5.91 Å². The van der Waals surface area contributed by atoms with Crippen LogP contribution < -0.4 is 0 Å². The number of carbonyl (C=O) groups is 2. The topological polar surface area (TPSA) is 123 Å². The van der Waals surface area contributed by atoms with Crippen LogP contribution in [0.15, 0.2) is 53.4 Å². The molecule has 3 aromatic rings. The van der Waals surface area contributed by atoms with E-state index >= 15 is 0 Å². The molecule has 3 N–H and O–H groups in total. The van der Waals surface area contributed by atoms with Crippen LogP contribution in [0.25, 0.3) is 27.2 Å². The summed E-state index contributed by atoms with van der Waals surface area (Å²) in [5.74, 6) is -2.08. The number of carbonyl (C=O) groups excluding carboxylic acids is 1. The number of aliphatic carboxylic acids is 1. The molecule has 0 aliphatic carbocycles. The lowest BCUT2D eigenvalue weighted by Crippen LogP contribution is -2.61. The second-order valence-corrected chi connectivity index (χ2v) is 7.96. The minimum atomic E-state index is -1.15. The average Bonchev–Trinajstić information content (AvgIpc) is 3.08. The van der Waals surface area contributed by atoms with Crippen LogP contribution in [-0.4, -0.2) is 55.5 Å². The minimum Gasteiger partial charge on any atom is -0.477 e. The number of carboxylic acids is 1. The molecule has 3 heterocycles. The van der Waals surface area contributed by atoms with Gasteiger partial charge in [-0.05, 0) is 53.6 Å². The molecule has 8 nitrogen and oxygen atoms in total. The van der Waals surface area contributed by atoms with Crippen molar-refractivity contribution in [1.82, 2.24) is 9.88 Å². The van der Waals surface area contributed by atoms with Crippen molar-refractivity contribution in [2.45, 2.75) is 25.5 Å². The molecule has 156 valence electrons. The molecule has 1 fully saturated rings. The number of nitrogens with zero attached hydrogens (tertiary/aromatic N) is 3. The highest BCUT2D eigenvalue weighted by molar-refractivity contribution is 6.09. The van der Waals surface area contributed by atoms with Gasteiger partial charge < -0.3 is 20.3 Å². The Kier molecular flexibility index (Phi) is 4.26. The van der Waals surface area contributed by atoms with Crippen molar-refractivity contribution >= 4 is 45.3 Å². The Balaban J connectivity index is 1.63. The molecule has 0 unspecified atom stereocenters. The quantitative estimate of drug-likeness (QED) is 0.197. The van der Waals surface area contributed by atoms with Crippen LogP contribution in [0.4, 0.5) is 0 Å². The van der Waals surface area contributed by atoms with E-state index in [1.807, 2.05) is 30.3 Å². The summed E-state index contributed by atoms with van der Waals surface area (Å²) in [6, 6.07) is 10.8. The number of fused-ring (bicyclic) bond motifs is 4. The van der Waals surface area contributed by atoms with E-state index in [1.165, 1.54) is 11.1 Å². The van der Waals surface area contributed by atoms with Crippen molar-refractivity contribution < 1.29 is 25.0 Å². The number of amides is 1. The van der Waals surface area contributed by atoms with Gasteiger partial charge in [-0.1, -0.05) is 23.4 Å². The first-order valence-corrected chi connectivity index (χ1v) is 9.88. The van der Waals surface area contributed by atoms with Gasteiger partial charge in [0.25, 0.3) is 0 Å². The molecular formula is C23H19N3O5. The van der Waals surface area contributed by atoms with Crippen LogP contribution in [0.2, 0.25) is 0 Å². The molecule has 3 atom stereocenters. The summed E-state index contributed by atoms with van der Waals surface area (Å²) in [5.41, 5.74) is 2.80. The summed E-state index contributed by atoms with van der Waals surface area (Å²) in [6.45, 7) is 1.56. The first-order chi connectivity index (χ1) is 14.9. The number of pyridine rings is 1. The van der Waals surface area contributed by atoms with Gasteiger partial charge in [-0.3, -0.25) is 9.78 Å². The summed E-state index contributed by atoms with van der Waals surface area (Å²) in [4.78, 5) is 30.2. The van der Waals surface area contributed by atoms with Crippen LogP contribution in [0, 0.1) is 5.92 Å². The van der Waals surface area contributed by atoms with Crippen LogP contribution in [0.3, 0.4) is 0 Å². The molecule has 0 radical (unpaired) electrons. The van der Waals surface area contributed by atoms with Crippen molar-refractivity contribution in [3.05, 3.63) is 59.4 Å². The van der Waals surface area contributed by atoms with E-state index in [-0.39, 0.29) is 17.6 Å². The van der Waals surface area contributed by atoms with E-state index in [1.54, 1.807) is 19.2 Å². The number of oxime groups is 1. The van der Waals surface area contributed by atoms with Crippen molar-refractivity contribution in [2.75, 3.05) is 0 Å². The normalized spacial score (nSPS) is 21.7. The third-order valence-electron chi connectivity index (χ3n) is 6.19. The Labute approximate surface area is 176 Å². The zero-order valence-corrected chi connectivity index (χ0v) is 16.6. The number of hydrogen-bond donors (Lipinski definition) is 3. The fourth-order valence-corrected chi connectivity index (χ4v) is 4.80. The molecule has 0 bridgehead atoms. The molecule has 1 saturated heterocycles. The number of aliphatic hydroxyl groups excluding tert-OH is 1. The summed E-state index contributed by atoms with van der Waals surface area (Å²) in [6.07, 6.45) is 2.63. The smallest absolute Gasteiger partial charge is 0.352 e. The van der Waals surface area contributed by atoms with E-state index in [9.17, 15) is 19.8 Å². The Morgan fingerprint density at radius 1 is 1.26 bits per heavy atom. The Hall–Kier alpha value is -3.78. The van der Waals surface area contributed by atoms with Crippen LogP contribution >= 0.6 is 0 Å². The molecular weight excluding hydrogens is 398 g/mol. The Morgan fingerprint density at radius 3 is 2.77 bits per heavy atom. The second kappa shape index (κ2) is 6.88. The molecule has 1 aromatic heterocycles. The standard InChI is InChI=1S/C23H19N3O5/c1-11(27)20-19-8-16(21(23(29)30)26(19)22(20)28)13-3-4-15-14(7-13)10-24-18-5-2-12(9-25-31)6-17(15)18/h2-7,9-11,19-20,27,31H,8H2,1H3,(H,29,30)/b25-9+/t11-,19-,20-/m1/s1. The van der Waals surface area contributed by atoms with Gasteiger partial charge in [-0.15, -0.1) is 0 Å². The minimum absolute atomic E-state index is 0.0126. The molecule has 8 heteroatoms. The first kappa shape index (κ1) is 19.2. The van der Waals surface area contributed by atoms with Crippen LogP contribution in [0.1, 0.15) is 24.5 Å². The first-order valence-electron chi connectivity index (χ1n) is 9.88. The molecule has 0 spiro atoms. The summed E-state index contributed by atoms with van der Waals surface area (Å²) in [5, 5.41) is 34.2. The molecule has 2 aliphatic rings. The monoisotopic (exact) mass is 417 g/mol. The number of β-lactam (4-membered cyclic amide) rings is 1. The maximum absolute atomic E-state index is 12.5. The predicted octanol–water partition coefficient (Wildman–Crippen LogP) is 2.60. The molecule has 2 aliphatic heterocycles. The van der Waals surface area contributed by atoms with Gasteiger partial charge >= 0.3 is 5.97 Å². The van der Waals surface area contributed by atoms with Crippen LogP contribution in [0.5, 0.6) is 0 Å². The number of hydrogen-bond acceptors (Lipinski definition) is 6. The van der Waals surface area contributed by atoms with E-state index in [0.29, 0.717) is 17.6 Å². The SMILES string of the molecule is C[C@@H](O)[C@H]1C(=O)N2C(C(=O)O)=C(c3ccc4c(cnc5ccc(/C=N/O)cc54)c3)C[C@H]12. The zero-order valence-electron chi connectivity index (χ0n) is 16.6. The van der Waals surface area contributed by atoms with Gasteiger partial charge in [0, 0.05) is 17.0 Å². The number of rotatable bonds is 4. The number of aromatic nitrogens is 1. The number of carboxylic acid groups (broad SMARTS) is 1. The van der Waals surface area contributed by atoms with Gasteiger partial charge in [-0.25, -0.2) is 4.79 Å². The lowest BCUT2D eigenvalue weighted by Gasteiger charge is -2.44. The van der Waals surface area contributed by atoms with Gasteiger partial charge in [0.05, 0.1) is 29.8 Å². The zero-order chi connectivity index (χ0) is 21.9. The molecule has 2 aromatic carbocycles. The van der Waals surface area contributed by atoms with Crippen molar-refractivity contribution in [3.63, 3.8) is 0 Å². The van der Waals surface area contributed by atoms with E-state index < -0.39 is 18.0 Å². The molecule has 1 amide bonds. The number of benzene rings is 2. The Morgan fingerprint density at radius 2 is 2.06 bits per heavy atom. The lowest BCUT2D eigenvalue weighted by molar-refractivity contribution is -0.161. The predicted molar refractivity (Wildman–Crippen MR) is 114 cm³/mol. The third-order valence-corrected chi connectivity index (χ3v) is 6.19. The number of aliphatic hydroxyl groups is 1. The fraction of sp³-hybridized carbons (Fsp3) is 0.217. The average molecular weight is 417 g/mol. The van der Waals surface area contributed by atoms with Gasteiger partial charge in [0.1, 0.15) is 5.70 Å². The second-order valence-electron chi connectivity index (χ2n) is 7.96. The van der Waals surface area contributed by atoms with E-state index in [4.69, 9.17) is 5.21 Å². The van der Waals surface area contributed by atoms with Gasteiger partial charge in [0.15, 0.2) is 0 Å². The summed E-state index contributed by atoms with van der Waals surface area (Å²) < 4.78 is 0. The van der Waals surface area contributed by atoms with Crippen molar-refractivity contribution in [3.8, 4) is 0 Å². The summed E-state index contributed by atoms with van der Waals surface area (Å²) >= 11 is 0. The maximum atomic E-state index is 12.5. The van der Waals surface area contributed by atoms with Crippen LogP contribution in [-0.2, 0) is 9.59 Å². The lowest BCUT2D eigenvalue weighted by atomic mass is 9.82. The van der Waals surface area contributed by atoms with Gasteiger partial charge in [-0.2, -0.15) is 0 Å². The van der Waals surface area contributed by atoms with Crippen molar-refractivity contribution in [1.29, 1.82) is 0 Å². The highest BCUT2D eigenvalue weighted by Gasteiger charge is 2.56. The maximum Gasteiger partial charge on any atom is 0.352 e. The molecule has 31 heavy (non-hydrogen) atoms. The Bertz CT molecular complexity index is 1330. The highest BCUT2D eigenvalue weighted by Crippen LogP contribution is 2.47. The van der Waals surface area contributed by atoms with E-state index in [2.05, 4.69) is 10.1 Å². The molecule has 5 rings (SSSR count). The summed E-state index contributed by atoms with van der Waals surface area (Å²) in [7, 11) is 0. The third kappa shape index (κ3) is 2.79. The fourth-order valence-electron chi connectivity index (χ4n) is 4.80.